The molecule has 2 aromatic carbocycles. The molecule has 1 aliphatic rings. The highest BCUT2D eigenvalue weighted by molar-refractivity contribution is 6.35. The van der Waals surface area contributed by atoms with E-state index in [2.05, 4.69) is 10.6 Å². The second kappa shape index (κ2) is 7.37. The van der Waals surface area contributed by atoms with E-state index in [-0.39, 0.29) is 10.7 Å². The fraction of sp³-hybridized carbons (Fsp3) is 0.167. The number of rotatable bonds is 4. The molecule has 1 saturated heterocycles. The molecule has 4 amide bonds. The Bertz CT molecular complexity index is 1000. The summed E-state index contributed by atoms with van der Waals surface area (Å²) in [6.45, 7) is 0.833. The third kappa shape index (κ3) is 3.65. The molecule has 1 atom stereocenters. The third-order valence-electron chi connectivity index (χ3n) is 4.25. The van der Waals surface area contributed by atoms with Crippen LogP contribution in [0.15, 0.2) is 36.4 Å². The van der Waals surface area contributed by atoms with Gasteiger partial charge < -0.3 is 10.6 Å². The van der Waals surface area contributed by atoms with E-state index >= 15 is 0 Å². The highest BCUT2D eigenvalue weighted by Gasteiger charge is 2.50. The molecule has 146 valence electrons. The molecular formula is C18H13Cl2F2N3O3. The number of amides is 4. The van der Waals surface area contributed by atoms with Gasteiger partial charge in [-0.05, 0) is 31.2 Å². The fourth-order valence-electron chi connectivity index (χ4n) is 2.84. The van der Waals surface area contributed by atoms with E-state index in [1.165, 1.54) is 25.1 Å². The van der Waals surface area contributed by atoms with Crippen LogP contribution in [-0.2, 0) is 15.1 Å². The maximum atomic E-state index is 13.2. The van der Waals surface area contributed by atoms with Gasteiger partial charge in [0.1, 0.15) is 12.1 Å². The minimum atomic E-state index is -1.49. The summed E-state index contributed by atoms with van der Waals surface area (Å²) in [7, 11) is 0. The van der Waals surface area contributed by atoms with Crippen LogP contribution in [0.2, 0.25) is 10.0 Å². The van der Waals surface area contributed by atoms with Gasteiger partial charge in [0, 0.05) is 27.4 Å². The average Bonchev–Trinajstić information content (AvgIpc) is 2.82. The Morgan fingerprint density at radius 2 is 1.86 bits per heavy atom. The minimum Gasteiger partial charge on any atom is -0.324 e. The maximum Gasteiger partial charge on any atom is 0.325 e. The summed E-state index contributed by atoms with van der Waals surface area (Å²) in [5.74, 6) is -3.66. The molecule has 0 aliphatic carbocycles. The maximum absolute atomic E-state index is 13.2. The molecule has 6 nitrogen and oxygen atoms in total. The monoisotopic (exact) mass is 427 g/mol. The Balaban J connectivity index is 1.78. The van der Waals surface area contributed by atoms with E-state index in [1.54, 1.807) is 0 Å². The van der Waals surface area contributed by atoms with Crippen LogP contribution in [0.1, 0.15) is 12.5 Å². The molecule has 0 saturated carbocycles. The first-order valence-electron chi connectivity index (χ1n) is 7.96. The first-order chi connectivity index (χ1) is 13.1. The first-order valence-corrected chi connectivity index (χ1v) is 8.72. The lowest BCUT2D eigenvalue weighted by Crippen LogP contribution is -2.42. The van der Waals surface area contributed by atoms with Gasteiger partial charge in [-0.1, -0.05) is 29.3 Å². The number of imide groups is 1. The highest BCUT2D eigenvalue weighted by atomic mass is 35.5. The van der Waals surface area contributed by atoms with Gasteiger partial charge in [-0.2, -0.15) is 0 Å². The van der Waals surface area contributed by atoms with E-state index in [0.29, 0.717) is 15.5 Å². The number of halogens is 4. The lowest BCUT2D eigenvalue weighted by molar-refractivity contribution is -0.133. The average molecular weight is 428 g/mol. The second-order valence-electron chi connectivity index (χ2n) is 6.25. The van der Waals surface area contributed by atoms with Crippen molar-refractivity contribution in [1.29, 1.82) is 0 Å². The molecule has 1 aliphatic heterocycles. The molecule has 28 heavy (non-hydrogen) atoms. The molecule has 0 bridgehead atoms. The molecule has 2 aromatic rings. The van der Waals surface area contributed by atoms with Crippen molar-refractivity contribution in [1.82, 2.24) is 10.2 Å². The molecule has 0 spiro atoms. The van der Waals surface area contributed by atoms with Crippen LogP contribution in [0.25, 0.3) is 0 Å². The van der Waals surface area contributed by atoms with Crippen molar-refractivity contribution in [3.05, 3.63) is 63.6 Å². The molecule has 0 aromatic heterocycles. The van der Waals surface area contributed by atoms with E-state index in [9.17, 15) is 23.2 Å². The Kier molecular flexibility index (Phi) is 5.27. The summed E-state index contributed by atoms with van der Waals surface area (Å²) in [6, 6.07) is 6.45. The zero-order chi connectivity index (χ0) is 20.6. The summed E-state index contributed by atoms with van der Waals surface area (Å²) < 4.78 is 26.2. The van der Waals surface area contributed by atoms with Crippen molar-refractivity contribution in [3.63, 3.8) is 0 Å². The van der Waals surface area contributed by atoms with Crippen LogP contribution in [-0.4, -0.2) is 29.3 Å². The largest absolute Gasteiger partial charge is 0.325 e. The fourth-order valence-corrected chi connectivity index (χ4v) is 3.43. The van der Waals surface area contributed by atoms with Crippen LogP contribution < -0.4 is 10.6 Å². The number of carbonyl (C=O) groups is 3. The van der Waals surface area contributed by atoms with Gasteiger partial charge in [0.25, 0.3) is 5.91 Å². The van der Waals surface area contributed by atoms with Crippen molar-refractivity contribution in [2.24, 2.45) is 0 Å². The number of hydrogen-bond acceptors (Lipinski definition) is 3. The number of nitrogens with zero attached hydrogens (tertiary/aromatic N) is 1. The Labute approximate surface area is 168 Å². The molecule has 1 fully saturated rings. The van der Waals surface area contributed by atoms with Crippen molar-refractivity contribution in [2.75, 3.05) is 11.9 Å². The summed E-state index contributed by atoms with van der Waals surface area (Å²) in [6.07, 6.45) is 0. The smallest absolute Gasteiger partial charge is 0.324 e. The number of urea groups is 1. The van der Waals surface area contributed by atoms with Gasteiger partial charge in [0.05, 0.1) is 0 Å². The Hall–Kier alpha value is -2.71. The van der Waals surface area contributed by atoms with E-state index < -0.39 is 41.6 Å². The molecule has 10 heteroatoms. The van der Waals surface area contributed by atoms with Crippen molar-refractivity contribution >= 4 is 46.7 Å². The predicted molar refractivity (Wildman–Crippen MR) is 99.0 cm³/mol. The SMILES string of the molecule is C[C@@]1(c2ccc(Cl)cc2Cl)NC(=O)N(CC(=O)Nc2ccc(F)c(F)c2)C1=O. The molecule has 1 heterocycles. The van der Waals surface area contributed by atoms with Crippen molar-refractivity contribution in [2.45, 2.75) is 12.5 Å². The van der Waals surface area contributed by atoms with Gasteiger partial charge in [-0.3, -0.25) is 14.5 Å². The first kappa shape index (κ1) is 20.0. The van der Waals surface area contributed by atoms with E-state index in [0.717, 1.165) is 18.2 Å². The summed E-state index contributed by atoms with van der Waals surface area (Å²) in [5, 5.41) is 5.35. The van der Waals surface area contributed by atoms with E-state index in [4.69, 9.17) is 23.2 Å². The summed E-state index contributed by atoms with van der Waals surface area (Å²) in [4.78, 5) is 38.0. The number of nitrogens with one attached hydrogen (secondary N) is 2. The van der Waals surface area contributed by atoms with Gasteiger partial charge in [-0.25, -0.2) is 13.6 Å². The highest BCUT2D eigenvalue weighted by Crippen LogP contribution is 2.34. The summed E-state index contributed by atoms with van der Waals surface area (Å²) in [5.41, 5.74) is -1.18. The zero-order valence-electron chi connectivity index (χ0n) is 14.4. The van der Waals surface area contributed by atoms with Crippen LogP contribution in [0.3, 0.4) is 0 Å². The zero-order valence-corrected chi connectivity index (χ0v) is 15.9. The second-order valence-corrected chi connectivity index (χ2v) is 7.09. The molecule has 0 radical (unpaired) electrons. The van der Waals surface area contributed by atoms with Crippen molar-refractivity contribution < 1.29 is 23.2 Å². The standard InChI is InChI=1S/C18H13Cl2F2N3O3/c1-18(11-4-2-9(19)6-12(11)20)16(27)25(17(28)24-18)8-15(26)23-10-3-5-13(21)14(22)7-10/h2-7H,8H2,1H3,(H,23,26)(H,24,28)/t18-/m0/s1. The van der Waals surface area contributed by atoms with Crippen LogP contribution in [0.4, 0.5) is 19.3 Å². The van der Waals surface area contributed by atoms with Crippen LogP contribution >= 0.6 is 23.2 Å². The third-order valence-corrected chi connectivity index (χ3v) is 4.80. The van der Waals surface area contributed by atoms with Crippen molar-refractivity contribution in [3.8, 4) is 0 Å². The molecule has 3 rings (SSSR count). The predicted octanol–water partition coefficient (Wildman–Crippen LogP) is 3.68. The van der Waals surface area contributed by atoms with E-state index in [1.807, 2.05) is 0 Å². The molecule has 0 unspecified atom stereocenters. The molecular weight excluding hydrogens is 415 g/mol. The Morgan fingerprint density at radius 1 is 1.14 bits per heavy atom. The number of carbonyl (C=O) groups excluding carboxylic acids is 3. The van der Waals surface area contributed by atoms with Crippen LogP contribution in [0, 0.1) is 11.6 Å². The van der Waals surface area contributed by atoms with Crippen LogP contribution in [0.5, 0.6) is 0 Å². The number of anilines is 1. The normalized spacial score (nSPS) is 19.0. The Morgan fingerprint density at radius 3 is 2.50 bits per heavy atom. The topological polar surface area (TPSA) is 78.5 Å². The molecule has 2 N–H and O–H groups in total. The lowest BCUT2D eigenvalue weighted by Gasteiger charge is -2.23. The van der Waals surface area contributed by atoms with Gasteiger partial charge in [-0.15, -0.1) is 0 Å². The number of hydrogen-bond donors (Lipinski definition) is 2. The minimum absolute atomic E-state index is 0.0144. The number of benzene rings is 2. The van der Waals surface area contributed by atoms with Gasteiger partial charge in [0.15, 0.2) is 11.6 Å². The lowest BCUT2D eigenvalue weighted by atomic mass is 9.92. The quantitative estimate of drug-likeness (QED) is 0.730. The van der Waals surface area contributed by atoms with Gasteiger partial charge in [0.2, 0.25) is 5.91 Å². The van der Waals surface area contributed by atoms with Gasteiger partial charge >= 0.3 is 6.03 Å². The summed E-state index contributed by atoms with van der Waals surface area (Å²) >= 11 is 12.0.